The Bertz CT molecular complexity index is 609. The number of piperidine rings is 1. The third kappa shape index (κ3) is 2.70. The van der Waals surface area contributed by atoms with E-state index in [1.54, 1.807) is 0 Å². The van der Waals surface area contributed by atoms with Crippen molar-refractivity contribution < 1.29 is 14.7 Å². The number of carboxylic acids is 1. The molecule has 2 N–H and O–H groups in total. The Hall–Kier alpha value is -1.06. The van der Waals surface area contributed by atoms with E-state index in [2.05, 4.69) is 19.2 Å². The monoisotopic (exact) mass is 361 g/mol. The smallest absolute Gasteiger partial charge is 0.300 e. The van der Waals surface area contributed by atoms with Crippen molar-refractivity contribution in [3.8, 4) is 0 Å². The molecule has 26 heavy (non-hydrogen) atoms. The molecular weight excluding hydrogens is 326 g/mol. The molecule has 0 aromatic carbocycles. The number of hydrogen-bond acceptors (Lipinski definition) is 2. The fourth-order valence-corrected chi connectivity index (χ4v) is 7.80. The van der Waals surface area contributed by atoms with Crippen LogP contribution in [0.1, 0.15) is 85.0 Å². The van der Waals surface area contributed by atoms with Crippen LogP contribution in [0, 0.1) is 34.0 Å². The zero-order chi connectivity index (χ0) is 18.7. The van der Waals surface area contributed by atoms with Crippen molar-refractivity contribution in [2.75, 3.05) is 0 Å². The van der Waals surface area contributed by atoms with Crippen molar-refractivity contribution in [3.63, 3.8) is 0 Å². The van der Waals surface area contributed by atoms with E-state index >= 15 is 0 Å². The van der Waals surface area contributed by atoms with Crippen molar-refractivity contribution in [2.24, 2.45) is 34.0 Å². The van der Waals surface area contributed by atoms with Crippen molar-refractivity contribution in [2.45, 2.75) is 91.0 Å². The number of nitrogens with one attached hydrogen (secondary N) is 1. The highest BCUT2D eigenvalue weighted by atomic mass is 16.4. The summed E-state index contributed by atoms with van der Waals surface area (Å²) in [5.74, 6) is 2.31. The predicted octanol–water partition coefficient (Wildman–Crippen LogP) is 4.38. The summed E-state index contributed by atoms with van der Waals surface area (Å²) in [6.45, 7) is 6.23. The van der Waals surface area contributed by atoms with Crippen LogP contribution in [0.5, 0.6) is 0 Å². The molecule has 1 amide bonds. The third-order valence-corrected chi connectivity index (χ3v) is 9.07. The lowest BCUT2D eigenvalue weighted by Gasteiger charge is -2.62. The second-order valence-corrected chi connectivity index (χ2v) is 10.6. The van der Waals surface area contributed by atoms with Gasteiger partial charge in [0.2, 0.25) is 5.91 Å². The van der Waals surface area contributed by atoms with Gasteiger partial charge in [-0.2, -0.15) is 0 Å². The maximum atomic E-state index is 12.1. The largest absolute Gasteiger partial charge is 0.481 e. The molecule has 0 radical (unpaired) electrons. The maximum Gasteiger partial charge on any atom is 0.300 e. The minimum atomic E-state index is -0.833. The average molecular weight is 362 g/mol. The van der Waals surface area contributed by atoms with Gasteiger partial charge in [0.05, 0.1) is 0 Å². The molecule has 5 rings (SSSR count). The van der Waals surface area contributed by atoms with E-state index in [-0.39, 0.29) is 0 Å². The number of carbonyl (C=O) groups is 2. The minimum Gasteiger partial charge on any atom is -0.481 e. The van der Waals surface area contributed by atoms with Crippen LogP contribution in [-0.4, -0.2) is 23.0 Å². The summed E-state index contributed by atoms with van der Waals surface area (Å²) < 4.78 is 0. The van der Waals surface area contributed by atoms with E-state index in [1.165, 1.54) is 51.4 Å². The SMILES string of the molecule is CC(=O)O.C[C@@]12CCCC1C1CC3(CC3)C3NC(=O)CC[C@]3(C)C1CC2. The zero-order valence-electron chi connectivity index (χ0n) is 16.6. The molecule has 1 heterocycles. The molecule has 0 bridgehead atoms. The Morgan fingerprint density at radius 3 is 2.42 bits per heavy atom. The van der Waals surface area contributed by atoms with Gasteiger partial charge < -0.3 is 10.4 Å². The lowest BCUT2D eigenvalue weighted by molar-refractivity contribution is -0.145. The number of fused-ring (bicyclic) bond motifs is 6. The maximum absolute atomic E-state index is 12.1. The van der Waals surface area contributed by atoms with E-state index in [9.17, 15) is 4.79 Å². The molecule has 5 fully saturated rings. The zero-order valence-corrected chi connectivity index (χ0v) is 16.6. The fraction of sp³-hybridized carbons (Fsp3) is 0.909. The molecular formula is C22H35NO3. The second-order valence-electron chi connectivity index (χ2n) is 10.6. The molecule has 1 aliphatic heterocycles. The predicted molar refractivity (Wildman–Crippen MR) is 101 cm³/mol. The molecule has 4 aliphatic carbocycles. The van der Waals surface area contributed by atoms with E-state index < -0.39 is 5.97 Å². The Kier molecular flexibility index (Phi) is 4.20. The quantitative estimate of drug-likeness (QED) is 0.673. The first-order valence-electron chi connectivity index (χ1n) is 10.7. The van der Waals surface area contributed by atoms with Crippen LogP contribution in [0.15, 0.2) is 0 Å². The molecule has 0 aromatic heterocycles. The highest BCUT2D eigenvalue weighted by Gasteiger charge is 2.67. The molecule has 1 spiro atoms. The Labute approximate surface area is 157 Å². The van der Waals surface area contributed by atoms with Crippen LogP contribution < -0.4 is 5.32 Å². The van der Waals surface area contributed by atoms with Gasteiger partial charge in [-0.3, -0.25) is 9.59 Å². The molecule has 0 aromatic rings. The van der Waals surface area contributed by atoms with E-state index in [4.69, 9.17) is 9.90 Å². The topological polar surface area (TPSA) is 66.4 Å². The summed E-state index contributed by atoms with van der Waals surface area (Å²) in [4.78, 5) is 21.1. The number of carboxylic acid groups (broad SMARTS) is 1. The second kappa shape index (κ2) is 5.97. The highest BCUT2D eigenvalue weighted by molar-refractivity contribution is 5.77. The summed E-state index contributed by atoms with van der Waals surface area (Å²) in [5.41, 5.74) is 1.53. The fourth-order valence-electron chi connectivity index (χ4n) is 7.80. The van der Waals surface area contributed by atoms with Crippen molar-refractivity contribution in [1.29, 1.82) is 0 Å². The van der Waals surface area contributed by atoms with E-state index in [0.29, 0.717) is 28.2 Å². The van der Waals surface area contributed by atoms with Gasteiger partial charge in [0.1, 0.15) is 0 Å². The molecule has 4 heteroatoms. The molecule has 1 saturated heterocycles. The summed E-state index contributed by atoms with van der Waals surface area (Å²) in [6, 6.07) is 0.494. The molecule has 146 valence electrons. The van der Waals surface area contributed by atoms with Crippen molar-refractivity contribution in [1.82, 2.24) is 5.32 Å². The number of hydrogen-bond donors (Lipinski definition) is 2. The van der Waals surface area contributed by atoms with Crippen LogP contribution in [0.4, 0.5) is 0 Å². The Balaban J connectivity index is 0.000000385. The first-order chi connectivity index (χ1) is 12.2. The van der Waals surface area contributed by atoms with Crippen molar-refractivity contribution >= 4 is 11.9 Å². The van der Waals surface area contributed by atoms with Gasteiger partial charge in [0.25, 0.3) is 5.97 Å². The average Bonchev–Trinajstić information content (AvgIpc) is 3.20. The molecule has 4 unspecified atom stereocenters. The van der Waals surface area contributed by atoms with Gasteiger partial charge >= 0.3 is 0 Å². The lowest BCUT2D eigenvalue weighted by atomic mass is 9.45. The molecule has 5 aliphatic rings. The van der Waals surface area contributed by atoms with Gasteiger partial charge in [-0.15, -0.1) is 0 Å². The minimum absolute atomic E-state index is 0.328. The molecule has 6 atom stereocenters. The Morgan fingerprint density at radius 2 is 1.77 bits per heavy atom. The molecule has 4 nitrogen and oxygen atoms in total. The Morgan fingerprint density at radius 1 is 1.08 bits per heavy atom. The number of aliphatic carboxylic acids is 1. The van der Waals surface area contributed by atoms with Crippen LogP contribution in [-0.2, 0) is 9.59 Å². The lowest BCUT2D eigenvalue weighted by Crippen LogP contribution is -2.64. The van der Waals surface area contributed by atoms with Crippen LogP contribution >= 0.6 is 0 Å². The van der Waals surface area contributed by atoms with Gasteiger partial charge in [-0.1, -0.05) is 20.3 Å². The third-order valence-electron chi connectivity index (χ3n) is 9.07. The number of amides is 1. The summed E-state index contributed by atoms with van der Waals surface area (Å²) in [6.07, 6.45) is 13.4. The van der Waals surface area contributed by atoms with Crippen LogP contribution in [0.2, 0.25) is 0 Å². The van der Waals surface area contributed by atoms with Crippen LogP contribution in [0.3, 0.4) is 0 Å². The molecule has 4 saturated carbocycles. The van der Waals surface area contributed by atoms with Gasteiger partial charge in [0, 0.05) is 19.4 Å². The number of rotatable bonds is 0. The van der Waals surface area contributed by atoms with Crippen molar-refractivity contribution in [3.05, 3.63) is 0 Å². The summed E-state index contributed by atoms with van der Waals surface area (Å²) in [7, 11) is 0. The first kappa shape index (κ1) is 18.3. The number of carbonyl (C=O) groups excluding carboxylic acids is 1. The van der Waals surface area contributed by atoms with E-state index in [0.717, 1.165) is 37.5 Å². The van der Waals surface area contributed by atoms with Crippen LogP contribution in [0.25, 0.3) is 0 Å². The standard InChI is InChI=1S/C20H31NO.C2H4O2/c1-18-7-3-4-14(18)13-12-20(10-11-20)17-19(2,15(13)5-8-18)9-6-16(22)21-17;1-2(3)4/h13-15,17H,3-12H2,1-2H3,(H,21,22);1H3,(H,3,4)/t13?,14?,15?,17?,18-,19+;/m0./s1. The normalized spacial score (nSPS) is 47.6. The van der Waals surface area contributed by atoms with Gasteiger partial charge in [-0.05, 0) is 85.4 Å². The highest BCUT2D eigenvalue weighted by Crippen LogP contribution is 2.71. The van der Waals surface area contributed by atoms with E-state index in [1.807, 2.05) is 0 Å². The van der Waals surface area contributed by atoms with Gasteiger partial charge in [0.15, 0.2) is 0 Å². The summed E-state index contributed by atoms with van der Waals surface area (Å²) in [5, 5.41) is 10.9. The first-order valence-corrected chi connectivity index (χ1v) is 10.7. The van der Waals surface area contributed by atoms with Gasteiger partial charge in [-0.25, -0.2) is 0 Å². The summed E-state index contributed by atoms with van der Waals surface area (Å²) >= 11 is 0.